The van der Waals surface area contributed by atoms with E-state index in [0.29, 0.717) is 18.5 Å². The van der Waals surface area contributed by atoms with Crippen LogP contribution < -0.4 is 11.1 Å². The minimum absolute atomic E-state index is 0.360. The van der Waals surface area contributed by atoms with Gasteiger partial charge in [0.25, 0.3) is 0 Å². The van der Waals surface area contributed by atoms with Gasteiger partial charge in [-0.25, -0.2) is 4.68 Å². The molecule has 0 saturated heterocycles. The second-order valence-corrected chi connectivity index (χ2v) is 4.82. The summed E-state index contributed by atoms with van der Waals surface area (Å²) in [6, 6.07) is 0.360. The summed E-state index contributed by atoms with van der Waals surface area (Å²) in [6.45, 7) is 3.59. The minimum atomic E-state index is 0.360. The molecule has 0 radical (unpaired) electrons. The predicted octanol–water partition coefficient (Wildman–Crippen LogP) is 1.62. The van der Waals surface area contributed by atoms with Crippen LogP contribution in [0.5, 0.6) is 0 Å². The second-order valence-electron chi connectivity index (χ2n) is 4.82. The van der Waals surface area contributed by atoms with E-state index in [1.165, 1.54) is 32.1 Å². The van der Waals surface area contributed by atoms with Gasteiger partial charge >= 0.3 is 0 Å². The van der Waals surface area contributed by atoms with Crippen molar-refractivity contribution >= 4 is 5.82 Å². The van der Waals surface area contributed by atoms with Gasteiger partial charge in [-0.1, -0.05) is 24.5 Å². The lowest BCUT2D eigenvalue weighted by Crippen LogP contribution is -2.38. The summed E-state index contributed by atoms with van der Waals surface area (Å²) in [5.74, 6) is 1.70. The Bertz CT molecular complexity index is 329. The van der Waals surface area contributed by atoms with Crippen molar-refractivity contribution in [2.75, 3.05) is 11.9 Å². The monoisotopic (exact) mass is 237 g/mol. The van der Waals surface area contributed by atoms with Crippen LogP contribution in [0.25, 0.3) is 0 Å². The lowest BCUT2D eigenvalue weighted by molar-refractivity contribution is 0.319. The second kappa shape index (κ2) is 6.00. The maximum Gasteiger partial charge on any atom is 0.145 e. The first kappa shape index (κ1) is 12.4. The normalized spacial score (nSPS) is 19.2. The molecule has 0 spiro atoms. The molecule has 1 aromatic rings. The van der Waals surface area contributed by atoms with Crippen LogP contribution in [0.15, 0.2) is 6.20 Å². The van der Waals surface area contributed by atoms with E-state index in [2.05, 4.69) is 22.6 Å². The van der Waals surface area contributed by atoms with Crippen LogP contribution in [-0.2, 0) is 6.54 Å². The van der Waals surface area contributed by atoms with E-state index in [-0.39, 0.29) is 0 Å². The van der Waals surface area contributed by atoms with Crippen molar-refractivity contribution in [3.63, 3.8) is 0 Å². The summed E-state index contributed by atoms with van der Waals surface area (Å²) in [7, 11) is 0. The van der Waals surface area contributed by atoms with Crippen LogP contribution in [0.4, 0.5) is 5.82 Å². The number of aryl methyl sites for hydroxylation is 1. The Hall–Kier alpha value is -1.10. The Morgan fingerprint density at radius 3 is 2.88 bits per heavy atom. The van der Waals surface area contributed by atoms with E-state index in [9.17, 15) is 0 Å². The number of hydrogen-bond acceptors (Lipinski definition) is 4. The molecule has 17 heavy (non-hydrogen) atoms. The molecule has 1 aromatic heterocycles. The molecule has 1 fully saturated rings. The number of nitrogens with zero attached hydrogens (tertiary/aromatic N) is 3. The highest BCUT2D eigenvalue weighted by Gasteiger charge is 2.23. The third-order valence-corrected chi connectivity index (χ3v) is 3.72. The average Bonchev–Trinajstić information content (AvgIpc) is 2.84. The molecule has 0 bridgehead atoms. The van der Waals surface area contributed by atoms with E-state index in [4.69, 9.17) is 5.73 Å². The molecule has 1 atom stereocenters. The molecule has 5 heteroatoms. The maximum absolute atomic E-state index is 5.90. The third kappa shape index (κ3) is 2.97. The zero-order chi connectivity index (χ0) is 12.1. The molecular formula is C12H23N5. The van der Waals surface area contributed by atoms with Crippen molar-refractivity contribution < 1.29 is 0 Å². The van der Waals surface area contributed by atoms with Gasteiger partial charge in [0.15, 0.2) is 0 Å². The lowest BCUT2D eigenvalue weighted by Gasteiger charge is -2.30. The first-order chi connectivity index (χ1) is 8.35. The molecule has 0 aliphatic heterocycles. The van der Waals surface area contributed by atoms with Crippen LogP contribution in [0.3, 0.4) is 0 Å². The Kier molecular flexibility index (Phi) is 4.36. The van der Waals surface area contributed by atoms with Crippen molar-refractivity contribution in [2.45, 2.75) is 51.6 Å². The molecular weight excluding hydrogens is 214 g/mol. The summed E-state index contributed by atoms with van der Waals surface area (Å²) >= 11 is 0. The summed E-state index contributed by atoms with van der Waals surface area (Å²) in [5, 5.41) is 11.5. The molecule has 96 valence electrons. The van der Waals surface area contributed by atoms with Gasteiger partial charge in [-0.05, 0) is 25.7 Å². The summed E-state index contributed by atoms with van der Waals surface area (Å²) in [5.41, 5.74) is 5.90. The van der Waals surface area contributed by atoms with E-state index >= 15 is 0 Å². The van der Waals surface area contributed by atoms with Crippen molar-refractivity contribution in [3.8, 4) is 0 Å². The molecule has 1 aliphatic rings. The maximum atomic E-state index is 5.90. The van der Waals surface area contributed by atoms with Crippen molar-refractivity contribution in [3.05, 3.63) is 6.20 Å². The zero-order valence-electron chi connectivity index (χ0n) is 10.6. The minimum Gasteiger partial charge on any atom is -0.365 e. The van der Waals surface area contributed by atoms with Crippen molar-refractivity contribution in [2.24, 2.45) is 11.7 Å². The first-order valence-electron chi connectivity index (χ1n) is 6.70. The fourth-order valence-electron chi connectivity index (χ4n) is 2.70. The summed E-state index contributed by atoms with van der Waals surface area (Å²) in [6.07, 6.45) is 8.44. The fourth-order valence-corrected chi connectivity index (χ4v) is 2.70. The molecule has 1 saturated carbocycles. The molecule has 3 N–H and O–H groups in total. The number of hydrogen-bond donors (Lipinski definition) is 2. The van der Waals surface area contributed by atoms with Gasteiger partial charge in [-0.2, -0.15) is 0 Å². The van der Waals surface area contributed by atoms with Crippen molar-refractivity contribution in [1.82, 2.24) is 15.0 Å². The molecule has 0 amide bonds. The van der Waals surface area contributed by atoms with Crippen LogP contribution in [-0.4, -0.2) is 27.6 Å². The van der Waals surface area contributed by atoms with E-state index in [0.717, 1.165) is 12.4 Å². The molecule has 1 unspecified atom stereocenters. The fraction of sp³-hybridized carbons (Fsp3) is 0.833. The molecule has 5 nitrogen and oxygen atoms in total. The molecule has 1 heterocycles. The number of nitrogens with two attached hydrogens (primary N) is 1. The topological polar surface area (TPSA) is 68.8 Å². The highest BCUT2D eigenvalue weighted by molar-refractivity contribution is 5.33. The Morgan fingerprint density at radius 1 is 1.47 bits per heavy atom. The summed E-state index contributed by atoms with van der Waals surface area (Å²) < 4.78 is 1.88. The van der Waals surface area contributed by atoms with E-state index in [1.54, 1.807) is 6.20 Å². The highest BCUT2D eigenvalue weighted by Crippen LogP contribution is 2.27. The van der Waals surface area contributed by atoms with Gasteiger partial charge in [0.1, 0.15) is 5.82 Å². The Morgan fingerprint density at radius 2 is 2.24 bits per heavy atom. The van der Waals surface area contributed by atoms with E-state index in [1.807, 2.05) is 4.68 Å². The van der Waals surface area contributed by atoms with Crippen LogP contribution in [0, 0.1) is 5.92 Å². The largest absolute Gasteiger partial charge is 0.365 e. The van der Waals surface area contributed by atoms with Crippen molar-refractivity contribution in [1.29, 1.82) is 0 Å². The smallest absolute Gasteiger partial charge is 0.145 e. The number of anilines is 1. The van der Waals surface area contributed by atoms with Gasteiger partial charge in [0, 0.05) is 19.1 Å². The number of aromatic nitrogens is 3. The zero-order valence-corrected chi connectivity index (χ0v) is 10.6. The van der Waals surface area contributed by atoms with Gasteiger partial charge in [-0.3, -0.25) is 0 Å². The quantitative estimate of drug-likeness (QED) is 0.816. The van der Waals surface area contributed by atoms with Gasteiger partial charge in [0.2, 0.25) is 0 Å². The Balaban J connectivity index is 1.98. The first-order valence-corrected chi connectivity index (χ1v) is 6.70. The lowest BCUT2D eigenvalue weighted by atomic mass is 9.84. The predicted molar refractivity (Wildman–Crippen MR) is 68.7 cm³/mol. The standard InChI is InChI=1S/C12H23N5/c1-2-17-12(9-14-16-17)15-11(8-13)10-6-4-3-5-7-10/h9-11,15H,2-8,13H2,1H3. The van der Waals surface area contributed by atoms with Crippen LogP contribution in [0.2, 0.25) is 0 Å². The number of nitrogens with one attached hydrogen (secondary N) is 1. The molecule has 1 aliphatic carbocycles. The van der Waals surface area contributed by atoms with Gasteiger partial charge < -0.3 is 11.1 Å². The average molecular weight is 237 g/mol. The molecule has 0 aromatic carbocycles. The van der Waals surface area contributed by atoms with E-state index < -0.39 is 0 Å². The highest BCUT2D eigenvalue weighted by atomic mass is 15.5. The van der Waals surface area contributed by atoms with Gasteiger partial charge in [0.05, 0.1) is 6.20 Å². The Labute approximate surface area is 103 Å². The molecule has 2 rings (SSSR count). The van der Waals surface area contributed by atoms with Crippen LogP contribution >= 0.6 is 0 Å². The van der Waals surface area contributed by atoms with Crippen LogP contribution in [0.1, 0.15) is 39.0 Å². The van der Waals surface area contributed by atoms with Gasteiger partial charge in [-0.15, -0.1) is 5.10 Å². The summed E-state index contributed by atoms with van der Waals surface area (Å²) in [4.78, 5) is 0. The number of rotatable bonds is 5. The SMILES string of the molecule is CCn1nncc1NC(CN)C1CCCCC1. The third-order valence-electron chi connectivity index (χ3n) is 3.72.